The van der Waals surface area contributed by atoms with Gasteiger partial charge in [0, 0.05) is 23.3 Å². The molecule has 0 bridgehead atoms. The van der Waals surface area contributed by atoms with Crippen LogP contribution < -0.4 is 10.2 Å². The number of para-hydroxylation sites is 2. The quantitative estimate of drug-likeness (QED) is 0.858. The van der Waals surface area contributed by atoms with Crippen LogP contribution in [0, 0.1) is 5.92 Å². The van der Waals surface area contributed by atoms with Crippen molar-refractivity contribution in [3.63, 3.8) is 0 Å². The van der Waals surface area contributed by atoms with E-state index in [-0.39, 0.29) is 23.9 Å². The van der Waals surface area contributed by atoms with E-state index in [2.05, 4.69) is 49.5 Å². The molecule has 1 amide bonds. The summed E-state index contributed by atoms with van der Waals surface area (Å²) in [4.78, 5) is 14.9. The van der Waals surface area contributed by atoms with Crippen LogP contribution in [0.4, 0.5) is 11.4 Å². The number of carbonyl (C=O) groups is 1. The highest BCUT2D eigenvalue weighted by atomic mass is 16.2. The molecule has 0 radical (unpaired) electrons. The maximum Gasteiger partial charge on any atom is 0.230 e. The second kappa shape index (κ2) is 7.08. The van der Waals surface area contributed by atoms with Crippen molar-refractivity contribution < 1.29 is 4.79 Å². The fraction of sp³-hybridized carbons (Fsp3) is 0.381. The average molecular weight is 322 g/mol. The van der Waals surface area contributed by atoms with E-state index in [9.17, 15) is 4.79 Å². The molecule has 0 spiro atoms. The number of rotatable bonds is 4. The predicted octanol–water partition coefficient (Wildman–Crippen LogP) is 5.01. The van der Waals surface area contributed by atoms with E-state index >= 15 is 0 Å². The molecule has 0 fully saturated rings. The Labute approximate surface area is 144 Å². The summed E-state index contributed by atoms with van der Waals surface area (Å²) < 4.78 is 0. The molecule has 1 aliphatic rings. The number of nitrogens with zero attached hydrogens (tertiary/aromatic N) is 1. The Morgan fingerprint density at radius 1 is 1.17 bits per heavy atom. The molecule has 0 aliphatic carbocycles. The van der Waals surface area contributed by atoms with Gasteiger partial charge < -0.3 is 10.2 Å². The summed E-state index contributed by atoms with van der Waals surface area (Å²) in [6.45, 7) is 6.24. The van der Waals surface area contributed by atoms with Gasteiger partial charge in [-0.05, 0) is 43.5 Å². The number of benzene rings is 2. The highest BCUT2D eigenvalue weighted by Crippen LogP contribution is 2.39. The minimum atomic E-state index is 0.0548. The van der Waals surface area contributed by atoms with Gasteiger partial charge in [0.25, 0.3) is 0 Å². The Bertz CT molecular complexity index is 698. The fourth-order valence-electron chi connectivity index (χ4n) is 3.43. The molecule has 0 aromatic heterocycles. The van der Waals surface area contributed by atoms with Gasteiger partial charge in [0.05, 0.1) is 6.04 Å². The molecule has 1 aliphatic heterocycles. The molecule has 3 nitrogen and oxygen atoms in total. The highest BCUT2D eigenvalue weighted by molar-refractivity contribution is 5.96. The fourth-order valence-corrected chi connectivity index (χ4v) is 3.43. The van der Waals surface area contributed by atoms with E-state index < -0.39 is 0 Å². The lowest BCUT2D eigenvalue weighted by Gasteiger charge is -2.41. The van der Waals surface area contributed by atoms with Crippen LogP contribution in [0.5, 0.6) is 0 Å². The number of fused-ring (bicyclic) bond motifs is 1. The predicted molar refractivity (Wildman–Crippen MR) is 100 cm³/mol. The molecule has 0 unspecified atom stereocenters. The summed E-state index contributed by atoms with van der Waals surface area (Å²) >= 11 is 0. The zero-order chi connectivity index (χ0) is 17.1. The summed E-state index contributed by atoms with van der Waals surface area (Å²) in [6.07, 6.45) is 1.78. The topological polar surface area (TPSA) is 32.3 Å². The van der Waals surface area contributed by atoms with Crippen molar-refractivity contribution in [1.29, 1.82) is 0 Å². The molecular weight excluding hydrogens is 296 g/mol. The van der Waals surface area contributed by atoms with Crippen molar-refractivity contribution in [2.24, 2.45) is 5.92 Å². The van der Waals surface area contributed by atoms with E-state index in [0.29, 0.717) is 0 Å². The number of hydrogen-bond acceptors (Lipinski definition) is 2. The van der Waals surface area contributed by atoms with Gasteiger partial charge in [0.1, 0.15) is 0 Å². The normalized spacial score (nSPS) is 21.0. The summed E-state index contributed by atoms with van der Waals surface area (Å²) in [5.74, 6) is 0.287. The van der Waals surface area contributed by atoms with E-state index in [1.165, 1.54) is 5.56 Å². The third-order valence-electron chi connectivity index (χ3n) is 4.98. The molecule has 2 aromatic carbocycles. The van der Waals surface area contributed by atoms with Crippen LogP contribution in [0.1, 0.15) is 45.2 Å². The highest BCUT2D eigenvalue weighted by Gasteiger charge is 2.34. The molecule has 3 rings (SSSR count). The molecule has 24 heavy (non-hydrogen) atoms. The second-order valence-electron chi connectivity index (χ2n) is 6.72. The summed E-state index contributed by atoms with van der Waals surface area (Å²) in [7, 11) is 0. The molecule has 2 aromatic rings. The maximum atomic E-state index is 12.9. The number of anilines is 2. The number of amides is 1. The van der Waals surface area contributed by atoms with Gasteiger partial charge >= 0.3 is 0 Å². The average Bonchev–Trinajstić information content (AvgIpc) is 2.61. The Morgan fingerprint density at radius 3 is 2.54 bits per heavy atom. The second-order valence-corrected chi connectivity index (χ2v) is 6.72. The third kappa shape index (κ3) is 3.16. The van der Waals surface area contributed by atoms with Crippen LogP contribution in [0.2, 0.25) is 0 Å². The lowest BCUT2D eigenvalue weighted by Crippen LogP contribution is -2.46. The van der Waals surface area contributed by atoms with Crippen molar-refractivity contribution >= 4 is 17.3 Å². The van der Waals surface area contributed by atoms with Gasteiger partial charge in [0.2, 0.25) is 5.91 Å². The van der Waals surface area contributed by atoms with E-state index in [4.69, 9.17) is 0 Å². The molecule has 1 N–H and O–H groups in total. The molecule has 1 heterocycles. The first-order chi connectivity index (χ1) is 11.6. The van der Waals surface area contributed by atoms with Crippen LogP contribution in [-0.4, -0.2) is 11.9 Å². The first-order valence-corrected chi connectivity index (χ1v) is 8.85. The van der Waals surface area contributed by atoms with E-state index in [1.54, 1.807) is 0 Å². The van der Waals surface area contributed by atoms with Gasteiger partial charge in [0.15, 0.2) is 0 Å². The first-order valence-electron chi connectivity index (χ1n) is 8.85. The van der Waals surface area contributed by atoms with Crippen LogP contribution in [0.3, 0.4) is 0 Å². The number of nitrogens with one attached hydrogen (secondary N) is 1. The minimum absolute atomic E-state index is 0.0548. The van der Waals surface area contributed by atoms with E-state index in [1.807, 2.05) is 36.1 Å². The van der Waals surface area contributed by atoms with Gasteiger partial charge in [-0.3, -0.25) is 4.79 Å². The molecule has 3 atom stereocenters. The lowest BCUT2D eigenvalue weighted by molar-refractivity contribution is -0.122. The third-order valence-corrected chi connectivity index (χ3v) is 4.98. The van der Waals surface area contributed by atoms with Crippen molar-refractivity contribution in [2.75, 3.05) is 10.2 Å². The first kappa shape index (κ1) is 16.6. The summed E-state index contributed by atoms with van der Waals surface area (Å²) in [6, 6.07) is 19.0. The maximum absolute atomic E-state index is 12.9. The Morgan fingerprint density at radius 2 is 1.83 bits per heavy atom. The SMILES string of the molecule is CC[C@H](C)C(=O)N1c2ccccc2[C@@H](Nc2ccccc2)C[C@@H]1C. The van der Waals surface area contributed by atoms with Gasteiger partial charge in [-0.25, -0.2) is 0 Å². The van der Waals surface area contributed by atoms with Gasteiger partial charge in [-0.2, -0.15) is 0 Å². The largest absolute Gasteiger partial charge is 0.378 e. The van der Waals surface area contributed by atoms with Crippen molar-refractivity contribution in [2.45, 2.75) is 45.7 Å². The standard InChI is InChI=1S/C21H26N2O/c1-4-15(2)21(24)23-16(3)14-19(18-12-8-9-13-20(18)23)22-17-10-6-5-7-11-17/h5-13,15-16,19,22H,4,14H2,1-3H3/t15-,16-,19-/m0/s1. The lowest BCUT2D eigenvalue weighted by atomic mass is 9.90. The van der Waals surface area contributed by atoms with Crippen LogP contribution in [0.25, 0.3) is 0 Å². The summed E-state index contributed by atoms with van der Waals surface area (Å²) in [5, 5.41) is 3.63. The van der Waals surface area contributed by atoms with Crippen LogP contribution >= 0.6 is 0 Å². The monoisotopic (exact) mass is 322 g/mol. The molecule has 3 heteroatoms. The Balaban J connectivity index is 1.94. The Kier molecular flexibility index (Phi) is 4.89. The minimum Gasteiger partial charge on any atom is -0.378 e. The zero-order valence-corrected chi connectivity index (χ0v) is 14.7. The van der Waals surface area contributed by atoms with Crippen LogP contribution in [0.15, 0.2) is 54.6 Å². The van der Waals surface area contributed by atoms with E-state index in [0.717, 1.165) is 24.2 Å². The zero-order valence-electron chi connectivity index (χ0n) is 14.7. The Hall–Kier alpha value is -2.29. The van der Waals surface area contributed by atoms with Crippen molar-refractivity contribution in [3.8, 4) is 0 Å². The van der Waals surface area contributed by atoms with Crippen molar-refractivity contribution in [3.05, 3.63) is 60.2 Å². The van der Waals surface area contributed by atoms with Gasteiger partial charge in [-0.1, -0.05) is 50.2 Å². The number of hydrogen-bond donors (Lipinski definition) is 1. The van der Waals surface area contributed by atoms with Gasteiger partial charge in [-0.15, -0.1) is 0 Å². The molecule has 126 valence electrons. The number of carbonyl (C=O) groups excluding carboxylic acids is 1. The van der Waals surface area contributed by atoms with Crippen molar-refractivity contribution in [1.82, 2.24) is 0 Å². The smallest absolute Gasteiger partial charge is 0.230 e. The molecular formula is C21H26N2O. The summed E-state index contributed by atoms with van der Waals surface area (Å²) in [5.41, 5.74) is 3.37. The molecule has 0 saturated carbocycles. The van der Waals surface area contributed by atoms with Crippen LogP contribution in [-0.2, 0) is 4.79 Å². The molecule has 0 saturated heterocycles.